The summed E-state index contributed by atoms with van der Waals surface area (Å²) < 4.78 is 0. The van der Waals surface area contributed by atoms with Gasteiger partial charge >= 0.3 is 0 Å². The zero-order valence-electron chi connectivity index (χ0n) is 21.2. The maximum absolute atomic E-state index is 13.9. The molecular formula is C31H38N4O. The van der Waals surface area contributed by atoms with Gasteiger partial charge in [-0.1, -0.05) is 78.4 Å². The molecule has 0 aliphatic heterocycles. The first-order valence-electron chi connectivity index (χ1n) is 13.0. The van der Waals surface area contributed by atoms with Crippen LogP contribution in [0.5, 0.6) is 0 Å². The summed E-state index contributed by atoms with van der Waals surface area (Å²) in [6, 6.07) is 29.0. The number of nitrogens with zero attached hydrogens (tertiary/aromatic N) is 2. The average molecular weight is 483 g/mol. The summed E-state index contributed by atoms with van der Waals surface area (Å²) in [7, 11) is 0. The number of hydrogen-bond acceptors (Lipinski definition) is 2. The Hall–Kier alpha value is -3.60. The quantitative estimate of drug-likeness (QED) is 0.318. The number of guanidine groups is 1. The Morgan fingerprint density at radius 2 is 1.44 bits per heavy atom. The van der Waals surface area contributed by atoms with Crippen LogP contribution in [0.3, 0.4) is 0 Å². The minimum atomic E-state index is 0.109. The lowest BCUT2D eigenvalue weighted by Crippen LogP contribution is -2.39. The van der Waals surface area contributed by atoms with Crippen molar-refractivity contribution in [2.45, 2.75) is 38.5 Å². The van der Waals surface area contributed by atoms with Crippen molar-refractivity contribution in [3.63, 3.8) is 0 Å². The number of aliphatic imine (C=N–C) groups is 1. The minimum Gasteiger partial charge on any atom is -0.370 e. The third-order valence-corrected chi connectivity index (χ3v) is 7.34. The van der Waals surface area contributed by atoms with Crippen LogP contribution in [0.15, 0.2) is 89.9 Å². The van der Waals surface area contributed by atoms with E-state index >= 15 is 0 Å². The molecule has 0 radical (unpaired) electrons. The SMILES string of the molecule is Cc1cccc(C(=O)N(CC2CCC(CN=C(N)N)CC2)CC(c2ccccc2)c2ccccc2)c1. The number of benzene rings is 3. The monoisotopic (exact) mass is 482 g/mol. The van der Waals surface area contributed by atoms with Crippen LogP contribution in [-0.2, 0) is 0 Å². The van der Waals surface area contributed by atoms with E-state index in [2.05, 4.69) is 58.4 Å². The van der Waals surface area contributed by atoms with Gasteiger partial charge in [-0.15, -0.1) is 0 Å². The maximum atomic E-state index is 13.9. The van der Waals surface area contributed by atoms with Gasteiger partial charge in [-0.3, -0.25) is 9.79 Å². The van der Waals surface area contributed by atoms with Crippen LogP contribution in [0.4, 0.5) is 0 Å². The molecule has 188 valence electrons. The Labute approximate surface area is 215 Å². The minimum absolute atomic E-state index is 0.109. The maximum Gasteiger partial charge on any atom is 0.253 e. The lowest BCUT2D eigenvalue weighted by molar-refractivity contribution is 0.0700. The highest BCUT2D eigenvalue weighted by molar-refractivity contribution is 5.94. The fourth-order valence-electron chi connectivity index (χ4n) is 5.34. The molecule has 0 saturated heterocycles. The number of carbonyl (C=O) groups excluding carboxylic acids is 1. The van der Waals surface area contributed by atoms with Crippen molar-refractivity contribution < 1.29 is 4.79 Å². The Kier molecular flexibility index (Phi) is 8.77. The second-order valence-corrected chi connectivity index (χ2v) is 10.1. The summed E-state index contributed by atoms with van der Waals surface area (Å²) in [4.78, 5) is 20.2. The zero-order chi connectivity index (χ0) is 25.3. The van der Waals surface area contributed by atoms with E-state index in [-0.39, 0.29) is 17.8 Å². The number of carbonyl (C=O) groups is 1. The van der Waals surface area contributed by atoms with E-state index in [1.165, 1.54) is 11.1 Å². The molecule has 3 aromatic carbocycles. The predicted octanol–water partition coefficient (Wildman–Crippen LogP) is 5.35. The molecule has 0 atom stereocenters. The smallest absolute Gasteiger partial charge is 0.253 e. The molecule has 0 heterocycles. The van der Waals surface area contributed by atoms with E-state index in [0.29, 0.717) is 24.9 Å². The molecular weight excluding hydrogens is 444 g/mol. The van der Waals surface area contributed by atoms with Crippen LogP contribution in [0.1, 0.15) is 58.6 Å². The molecule has 4 N–H and O–H groups in total. The van der Waals surface area contributed by atoms with Gasteiger partial charge in [0.15, 0.2) is 5.96 Å². The molecule has 5 heteroatoms. The summed E-state index contributed by atoms with van der Waals surface area (Å²) >= 11 is 0. The molecule has 36 heavy (non-hydrogen) atoms. The van der Waals surface area contributed by atoms with Gasteiger partial charge in [-0.25, -0.2) is 0 Å². The van der Waals surface area contributed by atoms with Crippen LogP contribution in [0.25, 0.3) is 0 Å². The van der Waals surface area contributed by atoms with Crippen molar-refractivity contribution in [3.8, 4) is 0 Å². The lowest BCUT2D eigenvalue weighted by atomic mass is 9.81. The Bertz CT molecular complexity index is 1090. The molecule has 1 fully saturated rings. The fourth-order valence-corrected chi connectivity index (χ4v) is 5.34. The van der Waals surface area contributed by atoms with Gasteiger partial charge in [0, 0.05) is 31.1 Å². The van der Waals surface area contributed by atoms with Crippen molar-refractivity contribution in [1.29, 1.82) is 0 Å². The average Bonchev–Trinajstić information content (AvgIpc) is 2.91. The standard InChI is InChI=1S/C31H38N4O/c1-23-9-8-14-28(19-23)30(36)35(21-25-17-15-24(16-18-25)20-34-31(32)33)22-29(26-10-4-2-5-11-26)27-12-6-3-7-13-27/h2-14,19,24-25,29H,15-18,20-22H2,1H3,(H4,32,33,34). The van der Waals surface area contributed by atoms with E-state index in [4.69, 9.17) is 11.5 Å². The van der Waals surface area contributed by atoms with E-state index in [0.717, 1.165) is 43.4 Å². The van der Waals surface area contributed by atoms with Crippen LogP contribution < -0.4 is 11.5 Å². The van der Waals surface area contributed by atoms with E-state index in [1.54, 1.807) is 0 Å². The Morgan fingerprint density at radius 3 is 2.00 bits per heavy atom. The molecule has 5 nitrogen and oxygen atoms in total. The summed E-state index contributed by atoms with van der Waals surface area (Å²) in [5.41, 5.74) is 15.4. The summed E-state index contributed by atoms with van der Waals surface area (Å²) in [6.07, 6.45) is 4.36. The molecule has 0 aromatic heterocycles. The van der Waals surface area contributed by atoms with Gasteiger partial charge in [-0.05, 0) is 67.7 Å². The van der Waals surface area contributed by atoms with E-state index in [1.807, 2.05) is 43.3 Å². The van der Waals surface area contributed by atoms with Crippen molar-refractivity contribution >= 4 is 11.9 Å². The molecule has 1 amide bonds. The van der Waals surface area contributed by atoms with E-state index < -0.39 is 0 Å². The highest BCUT2D eigenvalue weighted by Crippen LogP contribution is 2.32. The Balaban J connectivity index is 1.57. The van der Waals surface area contributed by atoms with Crippen molar-refractivity contribution in [2.24, 2.45) is 28.3 Å². The zero-order valence-corrected chi connectivity index (χ0v) is 21.2. The largest absolute Gasteiger partial charge is 0.370 e. The van der Waals surface area contributed by atoms with Crippen molar-refractivity contribution in [2.75, 3.05) is 19.6 Å². The Morgan fingerprint density at radius 1 is 0.861 bits per heavy atom. The van der Waals surface area contributed by atoms with Gasteiger partial charge in [0.1, 0.15) is 0 Å². The second-order valence-electron chi connectivity index (χ2n) is 10.1. The first-order chi connectivity index (χ1) is 17.5. The van der Waals surface area contributed by atoms with Crippen LogP contribution in [0, 0.1) is 18.8 Å². The van der Waals surface area contributed by atoms with Gasteiger partial charge in [0.05, 0.1) is 0 Å². The molecule has 4 rings (SSSR count). The van der Waals surface area contributed by atoms with Crippen molar-refractivity contribution in [3.05, 3.63) is 107 Å². The second kappa shape index (κ2) is 12.4. The lowest BCUT2D eigenvalue weighted by Gasteiger charge is -2.34. The third-order valence-electron chi connectivity index (χ3n) is 7.34. The normalized spacial score (nSPS) is 17.5. The number of rotatable bonds is 9. The highest BCUT2D eigenvalue weighted by atomic mass is 16.2. The first-order valence-corrected chi connectivity index (χ1v) is 13.0. The van der Waals surface area contributed by atoms with Gasteiger partial charge in [0.25, 0.3) is 5.91 Å². The molecule has 0 spiro atoms. The first kappa shape index (κ1) is 25.5. The molecule has 1 aliphatic carbocycles. The highest BCUT2D eigenvalue weighted by Gasteiger charge is 2.28. The number of hydrogen-bond donors (Lipinski definition) is 2. The molecule has 1 saturated carbocycles. The predicted molar refractivity (Wildman–Crippen MR) is 148 cm³/mol. The summed E-state index contributed by atoms with van der Waals surface area (Å²) in [5, 5.41) is 0. The van der Waals surface area contributed by atoms with Gasteiger partial charge in [0.2, 0.25) is 0 Å². The summed E-state index contributed by atoms with van der Waals surface area (Å²) in [5.74, 6) is 1.38. The number of amides is 1. The van der Waals surface area contributed by atoms with E-state index in [9.17, 15) is 4.79 Å². The van der Waals surface area contributed by atoms with Crippen LogP contribution in [-0.4, -0.2) is 36.4 Å². The number of nitrogens with two attached hydrogens (primary N) is 2. The van der Waals surface area contributed by atoms with Crippen LogP contribution >= 0.6 is 0 Å². The fraction of sp³-hybridized carbons (Fsp3) is 0.355. The third kappa shape index (κ3) is 6.97. The van der Waals surface area contributed by atoms with Gasteiger partial charge in [-0.2, -0.15) is 0 Å². The van der Waals surface area contributed by atoms with Crippen LogP contribution in [0.2, 0.25) is 0 Å². The molecule has 1 aliphatic rings. The number of aryl methyl sites for hydroxylation is 1. The topological polar surface area (TPSA) is 84.7 Å². The molecule has 3 aromatic rings. The molecule has 0 unspecified atom stereocenters. The summed E-state index contributed by atoms with van der Waals surface area (Å²) in [6.45, 7) is 4.15. The van der Waals surface area contributed by atoms with Crippen molar-refractivity contribution in [1.82, 2.24) is 4.90 Å². The molecule has 0 bridgehead atoms. The van der Waals surface area contributed by atoms with Gasteiger partial charge < -0.3 is 16.4 Å².